The molecule has 1 atom stereocenters. The number of rotatable bonds is 7. The number of carbonyl (C=O) groups is 2. The third-order valence-corrected chi connectivity index (χ3v) is 5.36. The Kier molecular flexibility index (Phi) is 6.90. The molecule has 0 spiro atoms. The first-order valence-electron chi connectivity index (χ1n) is 9.10. The number of anilines is 1. The summed E-state index contributed by atoms with van der Waals surface area (Å²) in [5.74, 6) is -0.0536. The Hall–Kier alpha value is -2.31. The maximum absolute atomic E-state index is 12.5. The van der Waals surface area contributed by atoms with E-state index in [0.29, 0.717) is 17.8 Å². The van der Waals surface area contributed by atoms with Gasteiger partial charge in [0.05, 0.1) is 23.1 Å². The molecule has 1 aliphatic rings. The van der Waals surface area contributed by atoms with Crippen molar-refractivity contribution in [3.8, 4) is 0 Å². The third-order valence-electron chi connectivity index (χ3n) is 4.35. The molecule has 0 bridgehead atoms. The van der Waals surface area contributed by atoms with Gasteiger partial charge in [-0.05, 0) is 44.0 Å². The molecular formula is C21H24N2O3S. The van der Waals surface area contributed by atoms with Gasteiger partial charge in [-0.15, -0.1) is 11.8 Å². The lowest BCUT2D eigenvalue weighted by atomic mass is 10.1. The quantitative estimate of drug-likeness (QED) is 0.716. The van der Waals surface area contributed by atoms with Crippen molar-refractivity contribution in [1.82, 2.24) is 5.32 Å². The molecule has 1 heterocycles. The van der Waals surface area contributed by atoms with Gasteiger partial charge in [0.15, 0.2) is 0 Å². The topological polar surface area (TPSA) is 67.4 Å². The van der Waals surface area contributed by atoms with Gasteiger partial charge in [-0.2, -0.15) is 0 Å². The second-order valence-electron chi connectivity index (χ2n) is 6.54. The molecular weight excluding hydrogens is 360 g/mol. The number of benzene rings is 2. The van der Waals surface area contributed by atoms with Crippen LogP contribution in [0, 0.1) is 6.92 Å². The van der Waals surface area contributed by atoms with Crippen LogP contribution in [0.5, 0.6) is 0 Å². The van der Waals surface area contributed by atoms with Crippen LogP contribution >= 0.6 is 11.8 Å². The Balaban J connectivity index is 1.55. The van der Waals surface area contributed by atoms with Crippen LogP contribution in [0.3, 0.4) is 0 Å². The van der Waals surface area contributed by atoms with Gasteiger partial charge in [0.1, 0.15) is 0 Å². The highest BCUT2D eigenvalue weighted by Gasteiger charge is 2.18. The van der Waals surface area contributed by atoms with Crippen molar-refractivity contribution in [3.05, 3.63) is 59.7 Å². The summed E-state index contributed by atoms with van der Waals surface area (Å²) in [6.45, 7) is 3.28. The second-order valence-corrected chi connectivity index (χ2v) is 7.59. The molecule has 142 valence electrons. The van der Waals surface area contributed by atoms with Gasteiger partial charge < -0.3 is 15.4 Å². The zero-order valence-corrected chi connectivity index (χ0v) is 16.2. The molecule has 3 rings (SSSR count). The van der Waals surface area contributed by atoms with E-state index in [2.05, 4.69) is 10.6 Å². The van der Waals surface area contributed by atoms with Crippen LogP contribution in [-0.4, -0.2) is 36.8 Å². The van der Waals surface area contributed by atoms with Gasteiger partial charge >= 0.3 is 0 Å². The first-order valence-corrected chi connectivity index (χ1v) is 10.1. The molecule has 0 aromatic heterocycles. The number of carbonyl (C=O) groups excluding carboxylic acids is 2. The molecule has 2 aromatic carbocycles. The summed E-state index contributed by atoms with van der Waals surface area (Å²) in [7, 11) is 0. The smallest absolute Gasteiger partial charge is 0.253 e. The van der Waals surface area contributed by atoms with Crippen molar-refractivity contribution in [2.75, 3.05) is 24.2 Å². The maximum Gasteiger partial charge on any atom is 0.253 e. The predicted octanol–water partition coefficient (Wildman–Crippen LogP) is 3.63. The highest BCUT2D eigenvalue weighted by atomic mass is 32.2. The van der Waals surface area contributed by atoms with Crippen molar-refractivity contribution < 1.29 is 14.3 Å². The number of hydrogen-bond acceptors (Lipinski definition) is 4. The molecule has 27 heavy (non-hydrogen) atoms. The molecule has 1 fully saturated rings. The van der Waals surface area contributed by atoms with Crippen molar-refractivity contribution >= 4 is 29.3 Å². The van der Waals surface area contributed by atoms with Gasteiger partial charge in [-0.3, -0.25) is 9.59 Å². The second kappa shape index (κ2) is 9.58. The van der Waals surface area contributed by atoms with Crippen LogP contribution in [0.2, 0.25) is 0 Å². The van der Waals surface area contributed by atoms with E-state index in [0.717, 1.165) is 24.3 Å². The average Bonchev–Trinajstić information content (AvgIpc) is 3.20. The number of amides is 2. The summed E-state index contributed by atoms with van der Waals surface area (Å²) in [6.07, 6.45) is 2.09. The van der Waals surface area contributed by atoms with Crippen LogP contribution in [0.15, 0.2) is 53.4 Å². The third kappa shape index (κ3) is 5.84. The minimum Gasteiger partial charge on any atom is -0.376 e. The van der Waals surface area contributed by atoms with Gasteiger partial charge in [0, 0.05) is 18.0 Å². The van der Waals surface area contributed by atoms with E-state index in [-0.39, 0.29) is 23.7 Å². The number of ether oxygens (including phenoxy) is 1. The van der Waals surface area contributed by atoms with Gasteiger partial charge in [0.25, 0.3) is 5.91 Å². The van der Waals surface area contributed by atoms with E-state index in [1.807, 2.05) is 31.2 Å². The van der Waals surface area contributed by atoms with E-state index < -0.39 is 0 Å². The fourth-order valence-corrected chi connectivity index (χ4v) is 3.57. The fourth-order valence-electron chi connectivity index (χ4n) is 2.87. The molecule has 5 nitrogen and oxygen atoms in total. The Morgan fingerprint density at radius 1 is 1.15 bits per heavy atom. The van der Waals surface area contributed by atoms with Crippen LogP contribution in [0.4, 0.5) is 5.69 Å². The van der Waals surface area contributed by atoms with Gasteiger partial charge in [0.2, 0.25) is 5.91 Å². The van der Waals surface area contributed by atoms with Gasteiger partial charge in [-0.1, -0.05) is 29.8 Å². The Labute approximate surface area is 163 Å². The van der Waals surface area contributed by atoms with E-state index in [4.69, 9.17) is 4.74 Å². The molecule has 1 aliphatic heterocycles. The summed E-state index contributed by atoms with van der Waals surface area (Å²) in [6, 6.07) is 15.1. The largest absolute Gasteiger partial charge is 0.376 e. The summed E-state index contributed by atoms with van der Waals surface area (Å²) in [5, 5.41) is 5.75. The zero-order chi connectivity index (χ0) is 19.1. The van der Waals surface area contributed by atoms with E-state index in [1.54, 1.807) is 24.3 Å². The Morgan fingerprint density at radius 2 is 1.93 bits per heavy atom. The number of nitrogens with one attached hydrogen (secondary N) is 2. The van der Waals surface area contributed by atoms with Crippen molar-refractivity contribution in [2.45, 2.75) is 30.8 Å². The van der Waals surface area contributed by atoms with Crippen LogP contribution in [0.1, 0.15) is 28.8 Å². The van der Waals surface area contributed by atoms with Crippen LogP contribution < -0.4 is 10.6 Å². The highest BCUT2D eigenvalue weighted by molar-refractivity contribution is 8.00. The predicted molar refractivity (Wildman–Crippen MR) is 108 cm³/mol. The molecule has 2 aromatic rings. The molecule has 1 saturated heterocycles. The van der Waals surface area contributed by atoms with Crippen molar-refractivity contribution in [1.29, 1.82) is 0 Å². The fraction of sp³-hybridized carbons (Fsp3) is 0.333. The average molecular weight is 385 g/mol. The monoisotopic (exact) mass is 384 g/mol. The SMILES string of the molecule is Cc1ccc(SCC(=O)Nc2ccccc2C(=O)NC[C@H]2CCCO2)cc1. The molecule has 0 saturated carbocycles. The zero-order valence-electron chi connectivity index (χ0n) is 15.4. The highest BCUT2D eigenvalue weighted by Crippen LogP contribution is 2.20. The lowest BCUT2D eigenvalue weighted by molar-refractivity contribution is -0.113. The molecule has 0 radical (unpaired) electrons. The van der Waals surface area contributed by atoms with Crippen molar-refractivity contribution in [2.24, 2.45) is 0 Å². The van der Waals surface area contributed by atoms with Gasteiger partial charge in [-0.25, -0.2) is 0 Å². The lowest BCUT2D eigenvalue weighted by Gasteiger charge is -2.13. The summed E-state index contributed by atoms with van der Waals surface area (Å²) < 4.78 is 5.53. The van der Waals surface area contributed by atoms with Crippen LogP contribution in [-0.2, 0) is 9.53 Å². The number of aryl methyl sites for hydroxylation is 1. The molecule has 0 unspecified atom stereocenters. The minimum absolute atomic E-state index is 0.0848. The first kappa shape index (κ1) is 19.5. The standard InChI is InChI=1S/C21H24N2O3S/c1-15-8-10-17(11-9-15)27-14-20(24)23-19-7-3-2-6-18(19)21(25)22-13-16-5-4-12-26-16/h2-3,6-11,16H,4-5,12-14H2,1H3,(H,22,25)(H,23,24)/t16-/m1/s1. The number of thioether (sulfide) groups is 1. The maximum atomic E-state index is 12.5. The lowest BCUT2D eigenvalue weighted by Crippen LogP contribution is -2.32. The molecule has 2 amide bonds. The van der Waals surface area contributed by atoms with E-state index in [9.17, 15) is 9.59 Å². The Bertz CT molecular complexity index is 786. The first-order chi connectivity index (χ1) is 13.1. The molecule has 6 heteroatoms. The molecule has 2 N–H and O–H groups in total. The number of hydrogen-bond donors (Lipinski definition) is 2. The minimum atomic E-state index is -0.201. The molecule has 0 aliphatic carbocycles. The van der Waals surface area contributed by atoms with E-state index in [1.165, 1.54) is 17.3 Å². The Morgan fingerprint density at radius 3 is 2.67 bits per heavy atom. The number of para-hydroxylation sites is 1. The van der Waals surface area contributed by atoms with Crippen molar-refractivity contribution in [3.63, 3.8) is 0 Å². The normalized spacial score (nSPS) is 16.1. The van der Waals surface area contributed by atoms with Crippen LogP contribution in [0.25, 0.3) is 0 Å². The summed E-state index contributed by atoms with van der Waals surface area (Å²) in [4.78, 5) is 25.8. The summed E-state index contributed by atoms with van der Waals surface area (Å²) >= 11 is 1.47. The van der Waals surface area contributed by atoms with E-state index >= 15 is 0 Å². The summed E-state index contributed by atoms with van der Waals surface area (Å²) in [5.41, 5.74) is 2.17.